The van der Waals surface area contributed by atoms with E-state index in [2.05, 4.69) is 34.5 Å². The summed E-state index contributed by atoms with van der Waals surface area (Å²) in [5, 5.41) is 13.6. The maximum atomic E-state index is 9.74. The summed E-state index contributed by atoms with van der Waals surface area (Å²) < 4.78 is 0. The molecule has 2 saturated heterocycles. The lowest BCUT2D eigenvalue weighted by atomic mass is 9.52. The van der Waals surface area contributed by atoms with Gasteiger partial charge < -0.3 is 10.4 Å². The minimum atomic E-state index is 0.296. The van der Waals surface area contributed by atoms with Gasteiger partial charge >= 0.3 is 0 Å². The minimum absolute atomic E-state index is 0.296. The van der Waals surface area contributed by atoms with Gasteiger partial charge in [-0.15, -0.1) is 0 Å². The largest absolute Gasteiger partial charge is 0.396 e. The van der Waals surface area contributed by atoms with Gasteiger partial charge in [0.15, 0.2) is 0 Å². The number of nitrogens with one attached hydrogen (secondary N) is 1. The molecule has 4 aliphatic rings. The fraction of sp³-hybridized carbons (Fsp3) is 0.684. The Balaban J connectivity index is 1.69. The van der Waals surface area contributed by atoms with Gasteiger partial charge in [-0.3, -0.25) is 4.90 Å². The van der Waals surface area contributed by atoms with Gasteiger partial charge in [0.05, 0.1) is 0 Å². The van der Waals surface area contributed by atoms with Crippen molar-refractivity contribution in [3.05, 3.63) is 29.8 Å². The quantitative estimate of drug-likeness (QED) is 0.881. The zero-order valence-corrected chi connectivity index (χ0v) is 13.2. The van der Waals surface area contributed by atoms with Crippen molar-refractivity contribution in [3.8, 4) is 0 Å². The van der Waals surface area contributed by atoms with Crippen LogP contribution >= 0.6 is 0 Å². The Bertz CT molecular complexity index is 599. The standard InChI is InChI=1S/C19H26N2O/c22-13-10-18-7-3-11-21-12-9-19(17(18)21)14-4-1-2-5-15(14)20-16(19)6-8-18/h1-2,4-5,16-17,20,22H,3,6-13H2/t16-,17-,18-,19-/m0/s1. The summed E-state index contributed by atoms with van der Waals surface area (Å²) in [7, 11) is 0. The van der Waals surface area contributed by atoms with Crippen LogP contribution in [0.4, 0.5) is 5.69 Å². The summed E-state index contributed by atoms with van der Waals surface area (Å²) in [4.78, 5) is 2.77. The van der Waals surface area contributed by atoms with Crippen molar-refractivity contribution < 1.29 is 5.11 Å². The molecule has 0 radical (unpaired) electrons. The maximum Gasteiger partial charge on any atom is 0.0436 e. The van der Waals surface area contributed by atoms with E-state index in [9.17, 15) is 5.11 Å². The van der Waals surface area contributed by atoms with Crippen LogP contribution < -0.4 is 5.32 Å². The molecule has 1 spiro atoms. The lowest BCUT2D eigenvalue weighted by Crippen LogP contribution is -2.63. The van der Waals surface area contributed by atoms with Gasteiger partial charge in [-0.2, -0.15) is 0 Å². The smallest absolute Gasteiger partial charge is 0.0436 e. The van der Waals surface area contributed by atoms with Crippen LogP contribution in [-0.4, -0.2) is 41.8 Å². The van der Waals surface area contributed by atoms with E-state index in [1.807, 2.05) is 0 Å². The predicted molar refractivity (Wildman–Crippen MR) is 88.1 cm³/mol. The van der Waals surface area contributed by atoms with Gasteiger partial charge in [0.25, 0.3) is 0 Å². The van der Waals surface area contributed by atoms with Gasteiger partial charge in [0.2, 0.25) is 0 Å². The molecule has 4 atom stereocenters. The first kappa shape index (κ1) is 13.4. The Morgan fingerprint density at radius 1 is 1.18 bits per heavy atom. The highest BCUT2D eigenvalue weighted by atomic mass is 16.3. The normalized spacial score (nSPS) is 42.4. The topological polar surface area (TPSA) is 35.5 Å². The van der Waals surface area contributed by atoms with E-state index >= 15 is 0 Å². The molecule has 0 amide bonds. The summed E-state index contributed by atoms with van der Waals surface area (Å²) in [5.41, 5.74) is 3.58. The molecule has 3 aliphatic heterocycles. The van der Waals surface area contributed by atoms with Crippen LogP contribution in [0.25, 0.3) is 0 Å². The highest BCUT2D eigenvalue weighted by Gasteiger charge is 2.66. The van der Waals surface area contributed by atoms with E-state index < -0.39 is 0 Å². The first-order chi connectivity index (χ1) is 10.8. The van der Waals surface area contributed by atoms with Crippen molar-refractivity contribution in [2.75, 3.05) is 25.0 Å². The number of benzene rings is 1. The third kappa shape index (κ3) is 1.45. The number of anilines is 1. The molecule has 3 heteroatoms. The number of para-hydroxylation sites is 1. The summed E-state index contributed by atoms with van der Waals surface area (Å²) in [6.07, 6.45) is 7.45. The molecule has 3 fully saturated rings. The molecule has 2 N–H and O–H groups in total. The molecule has 0 aromatic heterocycles. The molecule has 3 nitrogen and oxygen atoms in total. The highest BCUT2D eigenvalue weighted by molar-refractivity contribution is 5.64. The summed E-state index contributed by atoms with van der Waals surface area (Å²) in [6, 6.07) is 10.2. The molecular weight excluding hydrogens is 272 g/mol. The zero-order valence-electron chi connectivity index (χ0n) is 13.2. The second-order valence-corrected chi connectivity index (χ2v) is 7.95. The second kappa shape index (κ2) is 4.48. The molecule has 3 heterocycles. The number of aliphatic hydroxyl groups excluding tert-OH is 1. The Kier molecular flexibility index (Phi) is 2.73. The molecule has 0 unspecified atom stereocenters. The van der Waals surface area contributed by atoms with Crippen LogP contribution in [0.2, 0.25) is 0 Å². The van der Waals surface area contributed by atoms with Gasteiger partial charge in [0, 0.05) is 29.8 Å². The molecule has 1 saturated carbocycles. The van der Waals surface area contributed by atoms with E-state index in [0.717, 1.165) is 6.42 Å². The first-order valence-corrected chi connectivity index (χ1v) is 9.01. The molecular formula is C19H26N2O. The van der Waals surface area contributed by atoms with Crippen LogP contribution in [0.5, 0.6) is 0 Å². The van der Waals surface area contributed by atoms with Crippen molar-refractivity contribution in [2.24, 2.45) is 5.41 Å². The van der Waals surface area contributed by atoms with Crippen LogP contribution in [0.15, 0.2) is 24.3 Å². The van der Waals surface area contributed by atoms with Crippen molar-refractivity contribution in [2.45, 2.75) is 56.0 Å². The number of hydrogen-bond acceptors (Lipinski definition) is 3. The van der Waals surface area contributed by atoms with Crippen molar-refractivity contribution in [1.29, 1.82) is 0 Å². The average molecular weight is 298 g/mol. The molecule has 5 rings (SSSR count). The number of hydrogen-bond donors (Lipinski definition) is 2. The van der Waals surface area contributed by atoms with Crippen LogP contribution in [-0.2, 0) is 5.41 Å². The zero-order chi connectivity index (χ0) is 14.8. The van der Waals surface area contributed by atoms with Crippen LogP contribution in [0.3, 0.4) is 0 Å². The monoisotopic (exact) mass is 298 g/mol. The average Bonchev–Trinajstić information content (AvgIpc) is 3.09. The third-order valence-corrected chi connectivity index (χ3v) is 7.29. The Hall–Kier alpha value is -1.06. The fourth-order valence-corrected chi connectivity index (χ4v) is 6.66. The summed E-state index contributed by atoms with van der Waals surface area (Å²) >= 11 is 0. The highest BCUT2D eigenvalue weighted by Crippen LogP contribution is 2.63. The molecule has 22 heavy (non-hydrogen) atoms. The van der Waals surface area contributed by atoms with Crippen molar-refractivity contribution >= 4 is 5.69 Å². The van der Waals surface area contributed by atoms with Gasteiger partial charge in [-0.1, -0.05) is 18.2 Å². The second-order valence-electron chi connectivity index (χ2n) is 7.95. The van der Waals surface area contributed by atoms with Crippen molar-refractivity contribution in [1.82, 2.24) is 4.90 Å². The number of nitrogens with zero attached hydrogens (tertiary/aromatic N) is 1. The minimum Gasteiger partial charge on any atom is -0.396 e. The Labute approximate surface area is 132 Å². The van der Waals surface area contributed by atoms with E-state index in [1.165, 1.54) is 50.9 Å². The van der Waals surface area contributed by atoms with E-state index in [4.69, 9.17) is 0 Å². The SMILES string of the molecule is OCC[C@]12CCCN3CC[C@@]4(c5ccccc5N[C@H]4CC1)[C@@H]32. The number of aliphatic hydroxyl groups is 1. The lowest BCUT2D eigenvalue weighted by Gasteiger charge is -2.58. The van der Waals surface area contributed by atoms with Crippen molar-refractivity contribution in [3.63, 3.8) is 0 Å². The fourth-order valence-electron chi connectivity index (χ4n) is 6.66. The first-order valence-electron chi connectivity index (χ1n) is 9.01. The van der Waals surface area contributed by atoms with Gasteiger partial charge in [-0.25, -0.2) is 0 Å². The molecule has 118 valence electrons. The number of fused-ring (bicyclic) bond motifs is 1. The van der Waals surface area contributed by atoms with Crippen LogP contribution in [0, 0.1) is 5.41 Å². The maximum absolute atomic E-state index is 9.74. The molecule has 1 aliphatic carbocycles. The summed E-state index contributed by atoms with van der Waals surface area (Å²) in [5.74, 6) is 0. The Morgan fingerprint density at radius 3 is 3.00 bits per heavy atom. The van der Waals surface area contributed by atoms with E-state index in [0.29, 0.717) is 29.5 Å². The lowest BCUT2D eigenvalue weighted by molar-refractivity contribution is -0.0422. The molecule has 1 aromatic rings. The summed E-state index contributed by atoms with van der Waals surface area (Å²) in [6.45, 7) is 2.85. The molecule has 0 bridgehead atoms. The van der Waals surface area contributed by atoms with Gasteiger partial charge in [0.1, 0.15) is 0 Å². The Morgan fingerprint density at radius 2 is 2.09 bits per heavy atom. The van der Waals surface area contributed by atoms with E-state index in [1.54, 1.807) is 5.56 Å². The van der Waals surface area contributed by atoms with Gasteiger partial charge in [-0.05, 0) is 68.7 Å². The number of rotatable bonds is 2. The predicted octanol–water partition coefficient (Wildman–Crippen LogP) is 2.75. The molecule has 1 aromatic carbocycles. The van der Waals surface area contributed by atoms with E-state index in [-0.39, 0.29) is 0 Å². The number of piperidine rings is 1. The van der Waals surface area contributed by atoms with Crippen LogP contribution in [0.1, 0.15) is 44.1 Å². The third-order valence-electron chi connectivity index (χ3n) is 7.29.